The van der Waals surface area contributed by atoms with Gasteiger partial charge in [-0.3, -0.25) is 4.79 Å². The van der Waals surface area contributed by atoms with Gasteiger partial charge in [0.25, 0.3) is 0 Å². The molecule has 3 aliphatic heterocycles. The van der Waals surface area contributed by atoms with Crippen molar-refractivity contribution in [2.24, 2.45) is 5.92 Å². The van der Waals surface area contributed by atoms with Gasteiger partial charge in [-0.25, -0.2) is 9.97 Å². The van der Waals surface area contributed by atoms with Gasteiger partial charge in [-0.1, -0.05) is 0 Å². The second-order valence-corrected chi connectivity index (χ2v) is 9.79. The molecule has 2 saturated heterocycles. The monoisotopic (exact) mass is 412 g/mol. The van der Waals surface area contributed by atoms with Gasteiger partial charge in [-0.05, 0) is 70.6 Å². The van der Waals surface area contributed by atoms with Crippen LogP contribution in [-0.4, -0.2) is 59.7 Å². The summed E-state index contributed by atoms with van der Waals surface area (Å²) in [6.07, 6.45) is 11.1. The molecule has 0 radical (unpaired) electrons. The maximum Gasteiger partial charge on any atom is 0.222 e. The predicted octanol–water partition coefficient (Wildman–Crippen LogP) is 3.61. The van der Waals surface area contributed by atoms with Crippen LogP contribution in [0.15, 0.2) is 0 Å². The summed E-state index contributed by atoms with van der Waals surface area (Å²) >= 11 is 0. The van der Waals surface area contributed by atoms with Crippen LogP contribution in [0.4, 0.5) is 5.82 Å². The molecule has 1 atom stereocenters. The molecule has 1 unspecified atom stereocenters. The van der Waals surface area contributed by atoms with E-state index >= 15 is 0 Å². The zero-order valence-electron chi connectivity index (χ0n) is 18.4. The highest BCUT2D eigenvalue weighted by atomic mass is 16.5. The van der Waals surface area contributed by atoms with Crippen molar-refractivity contribution in [1.29, 1.82) is 0 Å². The van der Waals surface area contributed by atoms with Crippen molar-refractivity contribution < 1.29 is 9.53 Å². The number of nitrogens with zero attached hydrogens (tertiary/aromatic N) is 4. The van der Waals surface area contributed by atoms with E-state index in [9.17, 15) is 4.79 Å². The first-order valence-electron chi connectivity index (χ1n) is 12.2. The fourth-order valence-corrected chi connectivity index (χ4v) is 5.38. The molecule has 5 rings (SSSR count). The lowest BCUT2D eigenvalue weighted by atomic mass is 9.94. The molecule has 0 N–H and O–H groups in total. The lowest BCUT2D eigenvalue weighted by molar-refractivity contribution is -0.132. The Morgan fingerprint density at radius 1 is 1.07 bits per heavy atom. The number of aromatic nitrogens is 2. The molecule has 1 aromatic rings. The zero-order valence-corrected chi connectivity index (χ0v) is 18.4. The van der Waals surface area contributed by atoms with Crippen LogP contribution < -0.4 is 4.90 Å². The summed E-state index contributed by atoms with van der Waals surface area (Å²) in [4.78, 5) is 27.3. The Hall–Kier alpha value is -1.69. The van der Waals surface area contributed by atoms with Crippen molar-refractivity contribution in [1.82, 2.24) is 14.9 Å². The van der Waals surface area contributed by atoms with Gasteiger partial charge in [-0.2, -0.15) is 0 Å². The molecule has 3 fully saturated rings. The van der Waals surface area contributed by atoms with E-state index in [1.807, 2.05) is 0 Å². The summed E-state index contributed by atoms with van der Waals surface area (Å²) in [7, 11) is 0. The van der Waals surface area contributed by atoms with Crippen LogP contribution in [0.3, 0.4) is 0 Å². The van der Waals surface area contributed by atoms with Crippen LogP contribution in [0.1, 0.15) is 80.8 Å². The third kappa shape index (κ3) is 4.48. The van der Waals surface area contributed by atoms with Gasteiger partial charge in [0.2, 0.25) is 5.91 Å². The topological polar surface area (TPSA) is 58.6 Å². The minimum atomic E-state index is 0.294. The van der Waals surface area contributed by atoms with Crippen molar-refractivity contribution >= 4 is 11.7 Å². The summed E-state index contributed by atoms with van der Waals surface area (Å²) in [5.74, 6) is 3.77. The molecule has 0 spiro atoms. The molecule has 0 aromatic carbocycles. The molecule has 6 heteroatoms. The molecule has 0 bridgehead atoms. The Morgan fingerprint density at radius 3 is 2.63 bits per heavy atom. The summed E-state index contributed by atoms with van der Waals surface area (Å²) < 4.78 is 5.67. The van der Waals surface area contributed by atoms with Gasteiger partial charge in [0.15, 0.2) is 0 Å². The smallest absolute Gasteiger partial charge is 0.222 e. The highest BCUT2D eigenvalue weighted by Crippen LogP contribution is 2.36. The minimum Gasteiger partial charge on any atom is -0.378 e. The van der Waals surface area contributed by atoms with E-state index in [1.165, 1.54) is 42.9 Å². The summed E-state index contributed by atoms with van der Waals surface area (Å²) in [6, 6.07) is 0. The second-order valence-electron chi connectivity index (χ2n) is 9.79. The number of amides is 1. The standard InChI is InChI=1S/C24H36N4O2/c1-17-21-5-2-12-28(16-18-6-7-18)24(21)26-23(25-17)19-10-13-27(14-11-19)22(29)9-8-20-4-3-15-30-20/h18-20H,2-16H2,1H3. The highest BCUT2D eigenvalue weighted by molar-refractivity contribution is 5.76. The van der Waals surface area contributed by atoms with Gasteiger partial charge < -0.3 is 14.5 Å². The van der Waals surface area contributed by atoms with Crippen molar-refractivity contribution in [3.8, 4) is 0 Å². The minimum absolute atomic E-state index is 0.294. The van der Waals surface area contributed by atoms with Crippen LogP contribution >= 0.6 is 0 Å². The van der Waals surface area contributed by atoms with Crippen molar-refractivity contribution in [3.63, 3.8) is 0 Å². The van der Waals surface area contributed by atoms with Gasteiger partial charge in [0, 0.05) is 56.4 Å². The number of piperidine rings is 1. The first-order chi connectivity index (χ1) is 14.7. The van der Waals surface area contributed by atoms with Crippen LogP contribution in [-0.2, 0) is 16.0 Å². The average molecular weight is 413 g/mol. The first kappa shape index (κ1) is 20.2. The number of carbonyl (C=O) groups is 1. The fraction of sp³-hybridized carbons (Fsp3) is 0.792. The second kappa shape index (κ2) is 8.81. The molecular formula is C24H36N4O2. The van der Waals surface area contributed by atoms with E-state index in [1.54, 1.807) is 0 Å². The number of likely N-dealkylation sites (tertiary alicyclic amines) is 1. The van der Waals surface area contributed by atoms with Crippen LogP contribution in [0.2, 0.25) is 0 Å². The van der Waals surface area contributed by atoms with Gasteiger partial charge in [0.1, 0.15) is 11.6 Å². The number of fused-ring (bicyclic) bond motifs is 1. The number of aryl methyl sites for hydroxylation is 1. The molecule has 164 valence electrons. The third-order valence-corrected chi connectivity index (χ3v) is 7.46. The Labute approximate surface area is 180 Å². The van der Waals surface area contributed by atoms with Crippen molar-refractivity contribution in [2.75, 3.05) is 37.7 Å². The third-order valence-electron chi connectivity index (χ3n) is 7.46. The Bertz CT molecular complexity index is 765. The summed E-state index contributed by atoms with van der Waals surface area (Å²) in [5, 5.41) is 0. The lowest BCUT2D eigenvalue weighted by Crippen LogP contribution is -2.39. The highest BCUT2D eigenvalue weighted by Gasteiger charge is 2.31. The number of rotatable bonds is 6. The van der Waals surface area contributed by atoms with Crippen LogP contribution in [0, 0.1) is 12.8 Å². The molecule has 1 saturated carbocycles. The Balaban J connectivity index is 1.20. The SMILES string of the molecule is Cc1nc(C2CCN(C(=O)CCC3CCCO3)CC2)nc2c1CCCN2CC1CC1. The van der Waals surface area contributed by atoms with Gasteiger partial charge in [0.05, 0.1) is 6.10 Å². The van der Waals surface area contributed by atoms with Crippen LogP contribution in [0.5, 0.6) is 0 Å². The molecule has 4 aliphatic rings. The molecule has 30 heavy (non-hydrogen) atoms. The fourth-order valence-electron chi connectivity index (χ4n) is 5.38. The first-order valence-corrected chi connectivity index (χ1v) is 12.2. The van der Waals surface area contributed by atoms with E-state index in [2.05, 4.69) is 16.7 Å². The number of ether oxygens (including phenoxy) is 1. The predicted molar refractivity (Wildman–Crippen MR) is 117 cm³/mol. The lowest BCUT2D eigenvalue weighted by Gasteiger charge is -2.34. The van der Waals surface area contributed by atoms with E-state index in [0.717, 1.165) is 76.5 Å². The van der Waals surface area contributed by atoms with Crippen molar-refractivity contribution in [2.45, 2.75) is 83.2 Å². The molecule has 6 nitrogen and oxygen atoms in total. The van der Waals surface area contributed by atoms with E-state index in [-0.39, 0.29) is 0 Å². The Morgan fingerprint density at radius 2 is 1.90 bits per heavy atom. The maximum atomic E-state index is 12.6. The van der Waals surface area contributed by atoms with Crippen molar-refractivity contribution in [3.05, 3.63) is 17.1 Å². The number of carbonyl (C=O) groups excluding carboxylic acids is 1. The average Bonchev–Trinajstić information content (AvgIpc) is 3.43. The maximum absolute atomic E-state index is 12.6. The normalized spacial score (nSPS) is 24.9. The quantitative estimate of drug-likeness (QED) is 0.714. The largest absolute Gasteiger partial charge is 0.378 e. The number of hydrogen-bond acceptors (Lipinski definition) is 5. The van der Waals surface area contributed by atoms with Gasteiger partial charge >= 0.3 is 0 Å². The van der Waals surface area contributed by atoms with Gasteiger partial charge in [-0.15, -0.1) is 0 Å². The molecule has 4 heterocycles. The molecule has 1 aliphatic carbocycles. The van der Waals surface area contributed by atoms with Crippen LogP contribution in [0.25, 0.3) is 0 Å². The Kier molecular flexibility index (Phi) is 5.94. The van der Waals surface area contributed by atoms with E-state index < -0.39 is 0 Å². The molecule has 1 amide bonds. The van der Waals surface area contributed by atoms with E-state index in [0.29, 0.717) is 24.3 Å². The summed E-state index contributed by atoms with van der Waals surface area (Å²) in [6.45, 7) is 7.00. The van der Waals surface area contributed by atoms with E-state index in [4.69, 9.17) is 14.7 Å². The molecule has 1 aromatic heterocycles. The summed E-state index contributed by atoms with van der Waals surface area (Å²) in [5.41, 5.74) is 2.54. The number of anilines is 1. The zero-order chi connectivity index (χ0) is 20.5. The molecular weight excluding hydrogens is 376 g/mol. The number of hydrogen-bond donors (Lipinski definition) is 0.